The van der Waals surface area contributed by atoms with Crippen molar-refractivity contribution in [2.45, 2.75) is 11.6 Å². The van der Waals surface area contributed by atoms with E-state index in [0.717, 1.165) is 18.0 Å². The van der Waals surface area contributed by atoms with Crippen LogP contribution in [0.15, 0.2) is 24.4 Å². The number of anilines is 1. The largest absolute Gasteiger partial charge is 0.433 e. The van der Waals surface area contributed by atoms with Gasteiger partial charge >= 0.3 is 6.18 Å². The Balaban J connectivity index is 1.69. The van der Waals surface area contributed by atoms with Gasteiger partial charge in [-0.25, -0.2) is 9.97 Å². The number of aldehydes is 1. The van der Waals surface area contributed by atoms with E-state index < -0.39 is 17.2 Å². The van der Waals surface area contributed by atoms with Crippen LogP contribution >= 0.6 is 11.6 Å². The molecule has 4 rings (SSSR count). The molecule has 2 aromatic heterocycles. The van der Waals surface area contributed by atoms with Gasteiger partial charge in [0.25, 0.3) is 0 Å². The molecule has 2 aliphatic rings. The zero-order valence-corrected chi connectivity index (χ0v) is 13.9. The first-order valence-electron chi connectivity index (χ1n) is 7.71. The lowest BCUT2D eigenvalue weighted by Gasteiger charge is -2.24. The maximum absolute atomic E-state index is 13.0. The van der Waals surface area contributed by atoms with Crippen LogP contribution in [0.4, 0.5) is 19.0 Å². The normalized spacial score (nSPS) is 28.1. The number of rotatable bonds is 3. The van der Waals surface area contributed by atoms with Gasteiger partial charge in [-0.15, -0.1) is 0 Å². The van der Waals surface area contributed by atoms with Crippen LogP contribution in [0.2, 0.25) is 5.28 Å². The summed E-state index contributed by atoms with van der Waals surface area (Å²) >= 11 is 5.69. The lowest BCUT2D eigenvalue weighted by Crippen LogP contribution is -2.31. The molecule has 0 amide bonds. The van der Waals surface area contributed by atoms with Crippen LogP contribution in [0.3, 0.4) is 0 Å². The first-order valence-corrected chi connectivity index (χ1v) is 8.09. The van der Waals surface area contributed by atoms with E-state index in [1.807, 2.05) is 29.9 Å². The van der Waals surface area contributed by atoms with Gasteiger partial charge in [0.15, 0.2) is 5.69 Å². The average Bonchev–Trinajstić information content (AvgIpc) is 2.87. The fraction of sp³-hybridized carbons (Fsp3) is 0.438. The lowest BCUT2D eigenvalue weighted by molar-refractivity contribution is -0.141. The molecular formula is C16H14ClF3N4O. The molecule has 0 radical (unpaired) electrons. The maximum Gasteiger partial charge on any atom is 0.433 e. The number of alkyl halides is 3. The van der Waals surface area contributed by atoms with Gasteiger partial charge in [-0.1, -0.05) is 0 Å². The number of carbonyl (C=O) groups excluding carboxylic acids is 1. The van der Waals surface area contributed by atoms with E-state index in [9.17, 15) is 18.0 Å². The predicted molar refractivity (Wildman–Crippen MR) is 84.4 cm³/mol. The van der Waals surface area contributed by atoms with Crippen molar-refractivity contribution in [3.05, 3.63) is 41.1 Å². The summed E-state index contributed by atoms with van der Waals surface area (Å²) in [4.78, 5) is 20.4. The molecule has 25 heavy (non-hydrogen) atoms. The first kappa shape index (κ1) is 16.4. The number of halogens is 4. The molecule has 3 heterocycles. The zero-order chi connectivity index (χ0) is 18.0. The van der Waals surface area contributed by atoms with Crippen molar-refractivity contribution in [3.8, 4) is 0 Å². The van der Waals surface area contributed by atoms with E-state index in [1.54, 1.807) is 4.90 Å². The lowest BCUT2D eigenvalue weighted by atomic mass is 9.99. The second-order valence-electron chi connectivity index (χ2n) is 6.57. The van der Waals surface area contributed by atoms with E-state index >= 15 is 0 Å². The van der Waals surface area contributed by atoms with Crippen molar-refractivity contribution in [3.63, 3.8) is 0 Å². The quantitative estimate of drug-likeness (QED) is 0.616. The zero-order valence-electron chi connectivity index (χ0n) is 13.2. The minimum atomic E-state index is -4.59. The van der Waals surface area contributed by atoms with Crippen LogP contribution < -0.4 is 4.90 Å². The first-order chi connectivity index (χ1) is 11.8. The summed E-state index contributed by atoms with van der Waals surface area (Å²) in [5, 5.41) is -0.440. The standard InChI is InChI=1S/C16H14ClF3N4O/c1-23-4-2-3-12(23)15-8-24(6-9(15)10(15)7-25)13-5-11(16(18,19)20)21-14(17)22-13/h2-5,7,9-10H,6,8H2,1H3. The van der Waals surface area contributed by atoms with Gasteiger partial charge in [0.1, 0.15) is 12.1 Å². The second-order valence-corrected chi connectivity index (χ2v) is 6.91. The molecule has 1 saturated carbocycles. The van der Waals surface area contributed by atoms with E-state index in [1.165, 1.54) is 0 Å². The summed E-state index contributed by atoms with van der Waals surface area (Å²) in [6.07, 6.45) is -1.75. The highest BCUT2D eigenvalue weighted by Crippen LogP contribution is 2.63. The van der Waals surface area contributed by atoms with Gasteiger partial charge in [-0.05, 0) is 23.7 Å². The number of aromatic nitrogens is 3. The Kier molecular flexibility index (Phi) is 3.41. The molecule has 1 aliphatic carbocycles. The van der Waals surface area contributed by atoms with E-state index in [2.05, 4.69) is 9.97 Å². The van der Waals surface area contributed by atoms with Crippen molar-refractivity contribution >= 4 is 23.7 Å². The summed E-state index contributed by atoms with van der Waals surface area (Å²) in [6.45, 7) is 0.878. The maximum atomic E-state index is 13.0. The fourth-order valence-corrected chi connectivity index (χ4v) is 4.34. The van der Waals surface area contributed by atoms with Crippen molar-refractivity contribution in [1.82, 2.24) is 14.5 Å². The van der Waals surface area contributed by atoms with E-state index in [0.29, 0.717) is 13.1 Å². The minimum Gasteiger partial charge on any atom is -0.355 e. The highest BCUT2D eigenvalue weighted by molar-refractivity contribution is 6.28. The molecule has 1 aliphatic heterocycles. The molecule has 2 fully saturated rings. The molecule has 3 atom stereocenters. The van der Waals surface area contributed by atoms with Crippen molar-refractivity contribution in [2.75, 3.05) is 18.0 Å². The predicted octanol–water partition coefficient (Wildman–Crippen LogP) is 2.69. The van der Waals surface area contributed by atoms with Gasteiger partial charge in [-0.2, -0.15) is 13.2 Å². The van der Waals surface area contributed by atoms with Crippen molar-refractivity contribution in [1.29, 1.82) is 0 Å². The second kappa shape index (κ2) is 5.20. The Labute approximate surface area is 146 Å². The monoisotopic (exact) mass is 370 g/mol. The molecule has 132 valence electrons. The van der Waals surface area contributed by atoms with Crippen LogP contribution in [0.5, 0.6) is 0 Å². The molecule has 1 saturated heterocycles. The Hall–Kier alpha value is -2.09. The summed E-state index contributed by atoms with van der Waals surface area (Å²) in [7, 11) is 1.90. The third-order valence-corrected chi connectivity index (χ3v) is 5.49. The highest BCUT2D eigenvalue weighted by Gasteiger charge is 2.71. The molecule has 9 heteroatoms. The van der Waals surface area contributed by atoms with Crippen LogP contribution in [-0.2, 0) is 23.4 Å². The minimum absolute atomic E-state index is 0.0571. The van der Waals surface area contributed by atoms with E-state index in [4.69, 9.17) is 11.6 Å². The Morgan fingerprint density at radius 2 is 2.16 bits per heavy atom. The van der Waals surface area contributed by atoms with Crippen LogP contribution in [-0.4, -0.2) is 33.9 Å². The molecule has 0 aromatic carbocycles. The van der Waals surface area contributed by atoms with Crippen LogP contribution in [0.25, 0.3) is 0 Å². The van der Waals surface area contributed by atoms with Gasteiger partial charge < -0.3 is 14.3 Å². The fourth-order valence-electron chi connectivity index (χ4n) is 4.16. The van der Waals surface area contributed by atoms with Gasteiger partial charge in [0, 0.05) is 55.3 Å². The van der Waals surface area contributed by atoms with Gasteiger partial charge in [-0.3, -0.25) is 0 Å². The highest BCUT2D eigenvalue weighted by atomic mass is 35.5. The topological polar surface area (TPSA) is 51.0 Å². The molecule has 0 spiro atoms. The molecular weight excluding hydrogens is 357 g/mol. The number of carbonyl (C=O) groups is 1. The summed E-state index contributed by atoms with van der Waals surface area (Å²) in [5.74, 6) is 0.0659. The molecule has 2 aromatic rings. The van der Waals surface area contributed by atoms with Crippen molar-refractivity contribution in [2.24, 2.45) is 18.9 Å². The molecule has 0 N–H and O–H groups in total. The summed E-state index contributed by atoms with van der Waals surface area (Å²) < 4.78 is 40.9. The Morgan fingerprint density at radius 3 is 2.76 bits per heavy atom. The van der Waals surface area contributed by atoms with Gasteiger partial charge in [0.05, 0.1) is 0 Å². The Morgan fingerprint density at radius 1 is 1.40 bits per heavy atom. The molecule has 0 bridgehead atoms. The third kappa shape index (κ3) is 2.34. The number of nitrogens with zero attached hydrogens (tertiary/aromatic N) is 4. The number of fused-ring (bicyclic) bond motifs is 1. The average molecular weight is 371 g/mol. The SMILES string of the molecule is Cn1cccc1C12CN(c3cc(C(F)(F)F)nc(Cl)n3)CC1C2C=O. The van der Waals surface area contributed by atoms with Gasteiger partial charge in [0.2, 0.25) is 5.28 Å². The molecule has 5 nitrogen and oxygen atoms in total. The number of piperidine rings is 1. The number of aryl methyl sites for hydroxylation is 1. The summed E-state index contributed by atoms with van der Waals surface area (Å²) in [5.41, 5.74) is -0.438. The number of hydrogen-bond donors (Lipinski definition) is 0. The molecule has 3 unspecified atom stereocenters. The van der Waals surface area contributed by atoms with Crippen molar-refractivity contribution < 1.29 is 18.0 Å². The smallest absolute Gasteiger partial charge is 0.355 e. The van der Waals surface area contributed by atoms with Crippen LogP contribution in [0.1, 0.15) is 11.4 Å². The summed E-state index contributed by atoms with van der Waals surface area (Å²) in [6, 6.07) is 4.76. The Bertz CT molecular complexity index is 852. The van der Waals surface area contributed by atoms with E-state index in [-0.39, 0.29) is 23.1 Å². The number of hydrogen-bond acceptors (Lipinski definition) is 4. The van der Waals surface area contributed by atoms with Crippen LogP contribution in [0, 0.1) is 11.8 Å². The third-order valence-electron chi connectivity index (χ3n) is 5.32.